The molecule has 8 heteroatoms. The minimum Gasteiger partial charge on any atom is -0.480 e. The molecule has 0 bridgehead atoms. The van der Waals surface area contributed by atoms with Gasteiger partial charge < -0.3 is 25.4 Å². The summed E-state index contributed by atoms with van der Waals surface area (Å²) in [7, 11) is 3.06. The highest BCUT2D eigenvalue weighted by Gasteiger charge is 2.42. The van der Waals surface area contributed by atoms with Crippen molar-refractivity contribution >= 4 is 17.9 Å². The summed E-state index contributed by atoms with van der Waals surface area (Å²) in [5.41, 5.74) is -1.29. The molecule has 3 amide bonds. The van der Waals surface area contributed by atoms with Gasteiger partial charge in [-0.3, -0.25) is 4.79 Å². The molecular formula is C13H23N3O5. The number of hydrogen-bond acceptors (Lipinski definition) is 4. The molecule has 0 radical (unpaired) electrons. The van der Waals surface area contributed by atoms with E-state index in [1.54, 1.807) is 6.92 Å². The van der Waals surface area contributed by atoms with E-state index in [0.29, 0.717) is 13.2 Å². The Bertz CT molecular complexity index is 407. The molecule has 0 aromatic carbocycles. The first kappa shape index (κ1) is 17.2. The average molecular weight is 301 g/mol. The number of nitrogens with one attached hydrogen (secondary N) is 2. The lowest BCUT2D eigenvalue weighted by Crippen LogP contribution is -2.60. The van der Waals surface area contributed by atoms with Crippen molar-refractivity contribution in [3.8, 4) is 0 Å². The van der Waals surface area contributed by atoms with Gasteiger partial charge in [0.1, 0.15) is 5.54 Å². The van der Waals surface area contributed by atoms with Gasteiger partial charge in [-0.25, -0.2) is 9.59 Å². The van der Waals surface area contributed by atoms with Crippen LogP contribution in [0.15, 0.2) is 0 Å². The van der Waals surface area contributed by atoms with Crippen LogP contribution < -0.4 is 10.6 Å². The van der Waals surface area contributed by atoms with Gasteiger partial charge in [0.25, 0.3) is 0 Å². The number of carboxylic acid groups (broad SMARTS) is 1. The zero-order valence-corrected chi connectivity index (χ0v) is 12.6. The van der Waals surface area contributed by atoms with Crippen LogP contribution >= 0.6 is 0 Å². The normalized spacial score (nSPS) is 18.4. The summed E-state index contributed by atoms with van der Waals surface area (Å²) < 4.78 is 5.15. The zero-order chi connectivity index (χ0) is 16.0. The number of ether oxygens (including phenoxy) is 1. The molecule has 8 nitrogen and oxygen atoms in total. The maximum atomic E-state index is 12.1. The van der Waals surface area contributed by atoms with Crippen molar-refractivity contribution in [1.29, 1.82) is 0 Å². The summed E-state index contributed by atoms with van der Waals surface area (Å²) in [6.07, 6.45) is 0.458. The number of hydrogen-bond donors (Lipinski definition) is 3. The van der Waals surface area contributed by atoms with Gasteiger partial charge in [0.2, 0.25) is 5.91 Å². The van der Waals surface area contributed by atoms with Gasteiger partial charge in [-0.2, -0.15) is 0 Å². The lowest BCUT2D eigenvalue weighted by Gasteiger charge is -2.35. The zero-order valence-electron chi connectivity index (χ0n) is 12.6. The number of urea groups is 1. The average Bonchev–Trinajstić information content (AvgIpc) is 2.46. The van der Waals surface area contributed by atoms with Crippen LogP contribution in [0.25, 0.3) is 0 Å². The molecule has 1 fully saturated rings. The molecular weight excluding hydrogens is 278 g/mol. The van der Waals surface area contributed by atoms with E-state index in [-0.39, 0.29) is 31.2 Å². The summed E-state index contributed by atoms with van der Waals surface area (Å²) in [4.78, 5) is 36.4. The van der Waals surface area contributed by atoms with E-state index < -0.39 is 17.5 Å². The standard InChI is InChI=1S/C13H23N3O5/c1-9(10(17)14-2)8-16(3)12(20)15-13(11(18)19)4-6-21-7-5-13/h9H,4-8H2,1-3H3,(H,14,17)(H,15,20)(H,18,19). The van der Waals surface area contributed by atoms with Gasteiger partial charge in [-0.15, -0.1) is 0 Å². The molecule has 1 rings (SSSR count). The SMILES string of the molecule is CNC(=O)C(C)CN(C)C(=O)NC1(C(=O)O)CCOCC1. The molecule has 1 atom stereocenters. The first-order valence-corrected chi connectivity index (χ1v) is 6.88. The number of carbonyl (C=O) groups is 3. The third-order valence-electron chi connectivity index (χ3n) is 3.69. The fourth-order valence-corrected chi connectivity index (χ4v) is 2.24. The summed E-state index contributed by atoms with van der Waals surface area (Å²) in [6, 6.07) is -0.505. The third kappa shape index (κ3) is 4.32. The molecule has 1 heterocycles. The van der Waals surface area contributed by atoms with Gasteiger partial charge >= 0.3 is 12.0 Å². The monoisotopic (exact) mass is 301 g/mol. The summed E-state index contributed by atoms with van der Waals surface area (Å²) in [5.74, 6) is -1.61. The second-order valence-electron chi connectivity index (χ2n) is 5.33. The Morgan fingerprint density at radius 1 is 1.33 bits per heavy atom. The Kier molecular flexibility index (Phi) is 5.95. The quantitative estimate of drug-likeness (QED) is 0.643. The molecule has 0 aromatic rings. The van der Waals surface area contributed by atoms with Crippen molar-refractivity contribution in [1.82, 2.24) is 15.5 Å². The van der Waals surface area contributed by atoms with E-state index in [0.717, 1.165) is 0 Å². The molecule has 120 valence electrons. The minimum atomic E-state index is -1.29. The van der Waals surface area contributed by atoms with Crippen molar-refractivity contribution < 1.29 is 24.2 Å². The highest BCUT2D eigenvalue weighted by atomic mass is 16.5. The van der Waals surface area contributed by atoms with E-state index in [1.807, 2.05) is 0 Å². The number of carboxylic acids is 1. The van der Waals surface area contributed by atoms with Crippen LogP contribution in [0.5, 0.6) is 0 Å². The van der Waals surface area contributed by atoms with Crippen LogP contribution in [-0.2, 0) is 14.3 Å². The largest absolute Gasteiger partial charge is 0.480 e. The van der Waals surface area contributed by atoms with Gasteiger partial charge in [0.15, 0.2) is 0 Å². The molecule has 21 heavy (non-hydrogen) atoms. The Morgan fingerprint density at radius 2 is 1.90 bits per heavy atom. The predicted molar refractivity (Wildman–Crippen MR) is 74.8 cm³/mol. The van der Waals surface area contributed by atoms with E-state index in [1.165, 1.54) is 19.0 Å². The first-order chi connectivity index (χ1) is 9.82. The molecule has 0 aliphatic carbocycles. The lowest BCUT2D eigenvalue weighted by atomic mass is 9.90. The lowest BCUT2D eigenvalue weighted by molar-refractivity contribution is -0.148. The fourth-order valence-electron chi connectivity index (χ4n) is 2.24. The second kappa shape index (κ2) is 7.26. The second-order valence-corrected chi connectivity index (χ2v) is 5.33. The maximum absolute atomic E-state index is 12.1. The van der Waals surface area contributed by atoms with Crippen LogP contribution in [0.3, 0.4) is 0 Å². The van der Waals surface area contributed by atoms with Crippen LogP contribution in [0, 0.1) is 5.92 Å². The van der Waals surface area contributed by atoms with E-state index >= 15 is 0 Å². The van der Waals surface area contributed by atoms with E-state index in [9.17, 15) is 19.5 Å². The summed E-state index contributed by atoms with van der Waals surface area (Å²) >= 11 is 0. The van der Waals surface area contributed by atoms with Crippen molar-refractivity contribution in [2.24, 2.45) is 5.92 Å². The molecule has 1 saturated heterocycles. The van der Waals surface area contributed by atoms with Crippen molar-refractivity contribution in [2.75, 3.05) is 33.9 Å². The Morgan fingerprint density at radius 3 is 2.38 bits per heavy atom. The van der Waals surface area contributed by atoms with Crippen molar-refractivity contribution in [3.05, 3.63) is 0 Å². The van der Waals surface area contributed by atoms with Crippen LogP contribution in [-0.4, -0.2) is 67.3 Å². The molecule has 1 aliphatic heterocycles. The minimum absolute atomic E-state index is 0.173. The van der Waals surface area contributed by atoms with Crippen LogP contribution in [0.4, 0.5) is 4.79 Å². The van der Waals surface area contributed by atoms with Gasteiger partial charge in [0.05, 0.1) is 5.92 Å². The number of nitrogens with zero attached hydrogens (tertiary/aromatic N) is 1. The van der Waals surface area contributed by atoms with Crippen LogP contribution in [0.1, 0.15) is 19.8 Å². The number of carbonyl (C=O) groups excluding carboxylic acids is 2. The molecule has 1 unspecified atom stereocenters. The fraction of sp³-hybridized carbons (Fsp3) is 0.769. The third-order valence-corrected chi connectivity index (χ3v) is 3.69. The molecule has 3 N–H and O–H groups in total. The summed E-state index contributed by atoms with van der Waals surface area (Å²) in [5, 5.41) is 14.5. The highest BCUT2D eigenvalue weighted by molar-refractivity contribution is 5.86. The topological polar surface area (TPSA) is 108 Å². The van der Waals surface area contributed by atoms with Gasteiger partial charge in [-0.1, -0.05) is 6.92 Å². The summed E-state index contributed by atoms with van der Waals surface area (Å²) in [6.45, 7) is 2.50. The van der Waals surface area contributed by atoms with E-state index in [4.69, 9.17) is 4.74 Å². The Hall–Kier alpha value is -1.83. The Labute approximate surface area is 123 Å². The van der Waals surface area contributed by atoms with Gasteiger partial charge in [0, 0.05) is 46.7 Å². The maximum Gasteiger partial charge on any atom is 0.329 e. The highest BCUT2D eigenvalue weighted by Crippen LogP contribution is 2.21. The van der Waals surface area contributed by atoms with Gasteiger partial charge in [-0.05, 0) is 0 Å². The predicted octanol–water partition coefficient (Wildman–Crippen LogP) is -0.356. The molecule has 1 aliphatic rings. The molecule has 0 aromatic heterocycles. The number of rotatable bonds is 5. The Balaban J connectivity index is 2.65. The van der Waals surface area contributed by atoms with Crippen LogP contribution in [0.2, 0.25) is 0 Å². The smallest absolute Gasteiger partial charge is 0.329 e. The molecule has 0 spiro atoms. The van der Waals surface area contributed by atoms with Crippen molar-refractivity contribution in [2.45, 2.75) is 25.3 Å². The van der Waals surface area contributed by atoms with Crippen molar-refractivity contribution in [3.63, 3.8) is 0 Å². The number of amides is 3. The van der Waals surface area contributed by atoms with E-state index in [2.05, 4.69) is 10.6 Å². The number of aliphatic carboxylic acids is 1. The first-order valence-electron chi connectivity index (χ1n) is 6.88. The molecule has 0 saturated carbocycles.